The molecule has 0 saturated carbocycles. The van der Waals surface area contributed by atoms with Crippen molar-refractivity contribution in [2.45, 2.75) is 39.3 Å². The van der Waals surface area contributed by atoms with E-state index in [4.69, 9.17) is 32.7 Å². The van der Waals surface area contributed by atoms with E-state index >= 15 is 0 Å². The molecule has 0 unspecified atom stereocenters. The number of rotatable bonds is 9. The van der Waals surface area contributed by atoms with E-state index in [2.05, 4.69) is 44.3 Å². The van der Waals surface area contributed by atoms with Gasteiger partial charge in [0.05, 0.1) is 21.8 Å². The van der Waals surface area contributed by atoms with Gasteiger partial charge in [-0.25, -0.2) is 0 Å². The van der Waals surface area contributed by atoms with Gasteiger partial charge in [0.15, 0.2) is 11.5 Å². The Morgan fingerprint density at radius 1 is 0.912 bits per heavy atom. The third-order valence-electron chi connectivity index (χ3n) is 5.81. The highest BCUT2D eigenvalue weighted by atomic mass is 79.9. The van der Waals surface area contributed by atoms with Crippen molar-refractivity contribution in [2.24, 2.45) is 0 Å². The van der Waals surface area contributed by atoms with Crippen LogP contribution in [0.4, 0.5) is 11.4 Å². The van der Waals surface area contributed by atoms with Crippen molar-refractivity contribution < 1.29 is 9.47 Å². The monoisotopic (exact) mass is 562 g/mol. The molecule has 3 aromatic rings. The fourth-order valence-corrected chi connectivity index (χ4v) is 5.10. The van der Waals surface area contributed by atoms with Crippen LogP contribution in [0.5, 0.6) is 11.5 Å². The van der Waals surface area contributed by atoms with Gasteiger partial charge in [-0.3, -0.25) is 0 Å². The lowest BCUT2D eigenvalue weighted by atomic mass is 10.1. The SMILES string of the molecule is CCOc1cc(CNc2ccc(N3CCCCC3)c(Cl)c2)cc(Br)c1OCc1ccc(Cl)cc1. The van der Waals surface area contributed by atoms with Gasteiger partial charge >= 0.3 is 0 Å². The number of nitrogens with one attached hydrogen (secondary N) is 1. The number of benzene rings is 3. The second-order valence-electron chi connectivity index (χ2n) is 8.32. The molecule has 0 amide bonds. The van der Waals surface area contributed by atoms with Crippen molar-refractivity contribution in [1.29, 1.82) is 0 Å². The predicted molar refractivity (Wildman–Crippen MR) is 146 cm³/mol. The number of nitrogens with zero attached hydrogens (tertiary/aromatic N) is 1. The minimum absolute atomic E-state index is 0.426. The van der Waals surface area contributed by atoms with Gasteiger partial charge in [-0.15, -0.1) is 0 Å². The van der Waals surface area contributed by atoms with E-state index in [1.807, 2.05) is 43.3 Å². The molecule has 34 heavy (non-hydrogen) atoms. The largest absolute Gasteiger partial charge is 0.490 e. The number of anilines is 2. The van der Waals surface area contributed by atoms with Gasteiger partial charge in [0.2, 0.25) is 0 Å². The maximum absolute atomic E-state index is 6.62. The van der Waals surface area contributed by atoms with Crippen LogP contribution in [0.25, 0.3) is 0 Å². The lowest BCUT2D eigenvalue weighted by molar-refractivity contribution is 0.267. The van der Waals surface area contributed by atoms with Crippen LogP contribution in [0.15, 0.2) is 59.1 Å². The van der Waals surface area contributed by atoms with Crippen LogP contribution in [-0.4, -0.2) is 19.7 Å². The van der Waals surface area contributed by atoms with E-state index in [0.717, 1.165) is 45.1 Å². The van der Waals surface area contributed by atoms with Crippen molar-refractivity contribution in [3.8, 4) is 11.5 Å². The van der Waals surface area contributed by atoms with E-state index in [9.17, 15) is 0 Å². The van der Waals surface area contributed by atoms with Gasteiger partial charge in [0.1, 0.15) is 6.61 Å². The molecule has 0 radical (unpaired) electrons. The molecule has 180 valence electrons. The molecule has 0 atom stereocenters. The Kier molecular flexibility index (Phi) is 8.87. The van der Waals surface area contributed by atoms with Crippen LogP contribution >= 0.6 is 39.1 Å². The number of ether oxygens (including phenoxy) is 2. The topological polar surface area (TPSA) is 33.7 Å². The van der Waals surface area contributed by atoms with Crippen molar-refractivity contribution in [3.05, 3.63) is 80.2 Å². The number of hydrogen-bond acceptors (Lipinski definition) is 4. The molecule has 0 spiro atoms. The van der Waals surface area contributed by atoms with Gasteiger partial charge in [0.25, 0.3) is 0 Å². The zero-order valence-corrected chi connectivity index (χ0v) is 22.3. The zero-order valence-electron chi connectivity index (χ0n) is 19.3. The summed E-state index contributed by atoms with van der Waals surface area (Å²) in [4.78, 5) is 2.38. The molecule has 1 saturated heterocycles. The summed E-state index contributed by atoms with van der Waals surface area (Å²) in [6.45, 7) is 5.73. The van der Waals surface area contributed by atoms with Crippen LogP contribution in [0.1, 0.15) is 37.3 Å². The Morgan fingerprint density at radius 3 is 2.38 bits per heavy atom. The highest BCUT2D eigenvalue weighted by Gasteiger charge is 2.15. The predicted octanol–water partition coefficient (Wildman–Crippen LogP) is 8.34. The molecule has 1 aliphatic heterocycles. The third kappa shape index (κ3) is 6.53. The second kappa shape index (κ2) is 12.1. The summed E-state index contributed by atoms with van der Waals surface area (Å²) in [7, 11) is 0. The molecule has 3 aromatic carbocycles. The van der Waals surface area contributed by atoms with Crippen molar-refractivity contribution in [1.82, 2.24) is 0 Å². The molecule has 1 heterocycles. The van der Waals surface area contributed by atoms with E-state index in [-0.39, 0.29) is 0 Å². The maximum Gasteiger partial charge on any atom is 0.175 e. The standard InChI is InChI=1S/C27H29BrCl2N2O2/c1-2-33-26-15-20(14-23(28)27(26)34-18-19-6-8-21(29)9-7-19)17-31-22-10-11-25(24(30)16-22)32-12-4-3-5-13-32/h6-11,14-16,31H,2-5,12-13,17-18H2,1H3. The molecular weight excluding hydrogens is 535 g/mol. The van der Waals surface area contributed by atoms with Crippen molar-refractivity contribution >= 4 is 50.5 Å². The summed E-state index contributed by atoms with van der Waals surface area (Å²) < 4.78 is 12.8. The Balaban J connectivity index is 1.43. The van der Waals surface area contributed by atoms with E-state index in [1.165, 1.54) is 19.3 Å². The van der Waals surface area contributed by atoms with Crippen LogP contribution in [0, 0.1) is 0 Å². The highest BCUT2D eigenvalue weighted by molar-refractivity contribution is 9.10. The second-order valence-corrected chi connectivity index (χ2v) is 10.0. The number of halogens is 3. The first-order chi connectivity index (χ1) is 16.5. The van der Waals surface area contributed by atoms with E-state index < -0.39 is 0 Å². The van der Waals surface area contributed by atoms with Crippen LogP contribution < -0.4 is 19.7 Å². The molecule has 4 rings (SSSR count). The van der Waals surface area contributed by atoms with E-state index in [0.29, 0.717) is 36.3 Å². The van der Waals surface area contributed by atoms with Crippen molar-refractivity contribution in [3.63, 3.8) is 0 Å². The highest BCUT2D eigenvalue weighted by Crippen LogP contribution is 2.38. The lowest BCUT2D eigenvalue weighted by Gasteiger charge is -2.29. The quantitative estimate of drug-likeness (QED) is 0.283. The van der Waals surface area contributed by atoms with E-state index in [1.54, 1.807) is 0 Å². The summed E-state index contributed by atoms with van der Waals surface area (Å²) >= 11 is 16.3. The first-order valence-corrected chi connectivity index (χ1v) is 13.2. The Morgan fingerprint density at radius 2 is 1.68 bits per heavy atom. The minimum Gasteiger partial charge on any atom is -0.490 e. The normalized spacial score (nSPS) is 13.6. The van der Waals surface area contributed by atoms with Gasteiger partial charge < -0.3 is 19.7 Å². The Bertz CT molecular complexity index is 1100. The van der Waals surface area contributed by atoms with Gasteiger partial charge in [-0.1, -0.05) is 35.3 Å². The molecule has 0 aromatic heterocycles. The third-order valence-corrected chi connectivity index (χ3v) is 6.95. The van der Waals surface area contributed by atoms with Crippen molar-refractivity contribution in [2.75, 3.05) is 29.9 Å². The average Bonchev–Trinajstić information content (AvgIpc) is 2.84. The number of piperidine rings is 1. The molecule has 1 N–H and O–H groups in total. The first-order valence-electron chi connectivity index (χ1n) is 11.6. The first kappa shape index (κ1) is 25.0. The summed E-state index contributed by atoms with van der Waals surface area (Å²) in [6, 6.07) is 17.9. The van der Waals surface area contributed by atoms with Gasteiger partial charge in [-0.2, -0.15) is 0 Å². The molecule has 0 bridgehead atoms. The maximum atomic E-state index is 6.62. The zero-order chi connectivity index (χ0) is 23.9. The molecule has 0 aliphatic carbocycles. The lowest BCUT2D eigenvalue weighted by Crippen LogP contribution is -2.29. The molecule has 7 heteroatoms. The molecule has 1 fully saturated rings. The summed E-state index contributed by atoms with van der Waals surface area (Å²) in [6.07, 6.45) is 3.76. The molecular formula is C27H29BrCl2N2O2. The minimum atomic E-state index is 0.426. The Hall–Kier alpha value is -2.08. The Labute approximate surface area is 220 Å². The molecule has 4 nitrogen and oxygen atoms in total. The summed E-state index contributed by atoms with van der Waals surface area (Å²) in [5.74, 6) is 1.40. The summed E-state index contributed by atoms with van der Waals surface area (Å²) in [5, 5.41) is 4.97. The molecule has 1 aliphatic rings. The summed E-state index contributed by atoms with van der Waals surface area (Å²) in [5.41, 5.74) is 4.22. The fourth-order valence-electron chi connectivity index (χ4n) is 4.07. The number of hydrogen-bond donors (Lipinski definition) is 1. The van der Waals surface area contributed by atoms with Gasteiger partial charge in [0, 0.05) is 30.3 Å². The van der Waals surface area contributed by atoms with Crippen LogP contribution in [0.3, 0.4) is 0 Å². The average molecular weight is 564 g/mol. The van der Waals surface area contributed by atoms with Crippen LogP contribution in [-0.2, 0) is 13.2 Å². The van der Waals surface area contributed by atoms with Crippen LogP contribution in [0.2, 0.25) is 10.0 Å². The smallest absolute Gasteiger partial charge is 0.175 e. The fraction of sp³-hybridized carbons (Fsp3) is 0.333. The van der Waals surface area contributed by atoms with Gasteiger partial charge in [-0.05, 0) is 95.7 Å².